The van der Waals surface area contributed by atoms with Gasteiger partial charge in [0.25, 0.3) is 0 Å². The smallest absolute Gasteiger partial charge is 0.383 e. The first-order valence-corrected chi connectivity index (χ1v) is 15.9. The zero-order valence-corrected chi connectivity index (χ0v) is 24.5. The summed E-state index contributed by atoms with van der Waals surface area (Å²) in [6.45, 7) is 10.1. The van der Waals surface area contributed by atoms with Crippen molar-refractivity contribution >= 4 is 21.5 Å². The zero-order chi connectivity index (χ0) is 29.4. The van der Waals surface area contributed by atoms with Crippen molar-refractivity contribution in [2.45, 2.75) is 70.8 Å². The second-order valence-corrected chi connectivity index (χ2v) is 11.9. The minimum Gasteiger partial charge on any atom is -0.383 e. The summed E-state index contributed by atoms with van der Waals surface area (Å²) in [5.41, 5.74) is 4.91. The Morgan fingerprint density at radius 1 is 1.12 bits per heavy atom. The highest BCUT2D eigenvalue weighted by molar-refractivity contribution is 7.48. The highest BCUT2D eigenvalue weighted by Crippen LogP contribution is 2.54. The minimum absolute atomic E-state index is 0.0121. The lowest BCUT2D eigenvalue weighted by Crippen LogP contribution is -2.29. The number of phosphoric ester groups is 2. The first-order chi connectivity index (χ1) is 19.2. The molecule has 40 heavy (non-hydrogen) atoms. The van der Waals surface area contributed by atoms with Crippen LogP contribution in [0.1, 0.15) is 58.6 Å². The molecule has 15 nitrogen and oxygen atoms in total. The predicted molar refractivity (Wildman–Crippen MR) is 143 cm³/mol. The number of anilines is 1. The molecule has 2 rings (SSSR count). The fraction of sp³-hybridized carbons (Fsp3) is 0.739. The summed E-state index contributed by atoms with van der Waals surface area (Å²) < 4.78 is 66.7. The van der Waals surface area contributed by atoms with Gasteiger partial charge in [-0.2, -0.15) is 10.2 Å². The van der Waals surface area contributed by atoms with Crippen molar-refractivity contribution in [3.05, 3.63) is 34.2 Å². The first-order valence-electron chi connectivity index (χ1n) is 13.0. The van der Waals surface area contributed by atoms with Crippen molar-refractivity contribution < 1.29 is 41.0 Å². The van der Waals surface area contributed by atoms with Gasteiger partial charge >= 0.3 is 21.3 Å². The molecule has 0 radical (unpaired) electrons. The molecule has 5 atom stereocenters. The highest BCUT2D eigenvalue weighted by Gasteiger charge is 2.44. The fourth-order valence-corrected chi connectivity index (χ4v) is 5.99. The van der Waals surface area contributed by atoms with Crippen molar-refractivity contribution in [1.82, 2.24) is 9.55 Å². The van der Waals surface area contributed by atoms with Crippen LogP contribution in [-0.4, -0.2) is 61.3 Å². The number of phosphoric acid groups is 2. The van der Waals surface area contributed by atoms with E-state index in [9.17, 15) is 13.9 Å². The molecule has 17 heteroatoms. The Kier molecular flexibility index (Phi) is 15.0. The van der Waals surface area contributed by atoms with Gasteiger partial charge in [-0.3, -0.25) is 31.7 Å². The van der Waals surface area contributed by atoms with Crippen LogP contribution < -0.4 is 11.4 Å². The largest absolute Gasteiger partial charge is 0.475 e. The number of hydrogen-bond acceptors (Lipinski definition) is 13. The summed E-state index contributed by atoms with van der Waals surface area (Å²) in [5, 5.41) is 8.86. The summed E-state index contributed by atoms with van der Waals surface area (Å²) in [4.78, 5) is 19.3. The van der Waals surface area contributed by atoms with Crippen molar-refractivity contribution in [3.8, 4) is 6.07 Å². The third kappa shape index (κ3) is 11.4. The lowest BCUT2D eigenvalue weighted by Gasteiger charge is -2.25. The number of hydrogen-bond donors (Lipinski definition) is 1. The van der Waals surface area contributed by atoms with Gasteiger partial charge < -0.3 is 15.3 Å². The van der Waals surface area contributed by atoms with Gasteiger partial charge in [0.2, 0.25) is 6.54 Å². The molecule has 0 amide bonds. The highest BCUT2D eigenvalue weighted by atomic mass is 31.2. The summed E-state index contributed by atoms with van der Waals surface area (Å²) in [7, 11) is -8.29. The quantitative estimate of drug-likeness (QED) is 0.126. The number of aromatic nitrogens is 2. The van der Waals surface area contributed by atoms with Gasteiger partial charge in [0, 0.05) is 12.6 Å². The van der Waals surface area contributed by atoms with Crippen LogP contribution in [0.2, 0.25) is 0 Å². The molecule has 0 aliphatic carbocycles. The maximum Gasteiger partial charge on any atom is 0.475 e. The van der Waals surface area contributed by atoms with Gasteiger partial charge in [-0.05, 0) is 18.9 Å². The summed E-state index contributed by atoms with van der Waals surface area (Å²) in [6.07, 6.45) is 1.03. The molecule has 1 fully saturated rings. The molecular weight excluding hydrogens is 568 g/mol. The predicted octanol–water partition coefficient (Wildman–Crippen LogP) is 4.23. The Hall–Kier alpha value is -2.16. The first kappa shape index (κ1) is 34.0. The van der Waals surface area contributed by atoms with E-state index < -0.39 is 46.4 Å². The van der Waals surface area contributed by atoms with E-state index in [2.05, 4.69) is 9.83 Å². The Labute approximate surface area is 233 Å². The van der Waals surface area contributed by atoms with E-state index in [0.717, 1.165) is 12.8 Å². The molecule has 2 heterocycles. The molecule has 1 aromatic heterocycles. The molecule has 0 saturated carbocycles. The maximum atomic E-state index is 13.5. The number of nitrogen functional groups attached to an aromatic ring is 1. The average molecular weight is 606 g/mol. The van der Waals surface area contributed by atoms with Crippen molar-refractivity contribution in [2.75, 3.05) is 45.3 Å². The summed E-state index contributed by atoms with van der Waals surface area (Å²) in [5.74, 6) is 0.0216. The van der Waals surface area contributed by atoms with Gasteiger partial charge in [0.05, 0.1) is 38.9 Å². The molecule has 2 N–H and O–H groups in total. The molecule has 1 saturated heterocycles. The zero-order valence-electron chi connectivity index (χ0n) is 22.7. The van der Waals surface area contributed by atoms with Crippen molar-refractivity contribution in [1.29, 1.82) is 5.26 Å². The van der Waals surface area contributed by atoms with Crippen molar-refractivity contribution in [3.63, 3.8) is 0 Å². The van der Waals surface area contributed by atoms with Crippen LogP contribution in [0.15, 0.2) is 17.1 Å². The number of nitrogens with zero attached hydrogens (tertiary/aromatic N) is 4. The third-order valence-electron chi connectivity index (χ3n) is 5.41. The van der Waals surface area contributed by atoms with Gasteiger partial charge in [-0.1, -0.05) is 26.7 Å². The van der Waals surface area contributed by atoms with Gasteiger partial charge in [0.1, 0.15) is 30.9 Å². The Bertz CT molecular complexity index is 1150. The fourth-order valence-electron chi connectivity index (χ4n) is 3.36. The normalized spacial score (nSPS) is 21.8. The Morgan fingerprint density at radius 3 is 2.40 bits per heavy atom. The number of rotatable bonds is 20. The van der Waals surface area contributed by atoms with Crippen LogP contribution in [0.4, 0.5) is 5.82 Å². The van der Waals surface area contributed by atoms with Crippen LogP contribution in [-0.2, 0) is 41.0 Å². The van der Waals surface area contributed by atoms with Crippen LogP contribution >= 0.6 is 15.6 Å². The molecule has 1 aliphatic rings. The number of nitriles is 1. The molecule has 224 valence electrons. The monoisotopic (exact) mass is 605 g/mol. The Balaban J connectivity index is 2.28. The molecule has 0 aromatic carbocycles. The van der Waals surface area contributed by atoms with E-state index in [1.807, 2.05) is 19.9 Å². The maximum absolute atomic E-state index is 13.5. The van der Waals surface area contributed by atoms with E-state index in [0.29, 0.717) is 12.8 Å². The standard InChI is InChI=1S/C23H37N5O10P2/c1-4-6-13-32-39(30,35-16-11-26-3)36-18-20-19(17-22(37-20)28-12-9-21(25)27-23(28)29)38-40(31,33-14-7-5-2)34-15-8-10-24/h9,12,19-20,22H,4-8,11,13-18H2,1-2H3,(H2,25,27,29)/t19-,20+,22+,39?,40?/m0/s1. The second-order valence-electron chi connectivity index (χ2n) is 8.57. The molecule has 1 aliphatic heterocycles. The summed E-state index contributed by atoms with van der Waals surface area (Å²) >= 11 is 0. The molecule has 1 aromatic rings. The number of unbranched alkanes of at least 4 members (excludes halogenated alkanes) is 2. The Morgan fingerprint density at radius 2 is 1.77 bits per heavy atom. The van der Waals surface area contributed by atoms with E-state index in [4.69, 9.17) is 49.4 Å². The second kappa shape index (κ2) is 17.6. The third-order valence-corrected chi connectivity index (χ3v) is 8.40. The average Bonchev–Trinajstić information content (AvgIpc) is 3.30. The van der Waals surface area contributed by atoms with Crippen LogP contribution in [0.5, 0.6) is 0 Å². The van der Waals surface area contributed by atoms with E-state index in [1.54, 1.807) is 0 Å². The minimum atomic E-state index is -4.19. The van der Waals surface area contributed by atoms with Crippen LogP contribution in [0, 0.1) is 17.9 Å². The van der Waals surface area contributed by atoms with Crippen LogP contribution in [0.3, 0.4) is 0 Å². The summed E-state index contributed by atoms with van der Waals surface area (Å²) in [6, 6.07) is 3.31. The van der Waals surface area contributed by atoms with Gasteiger partial charge in [-0.15, -0.1) is 0 Å². The van der Waals surface area contributed by atoms with Gasteiger partial charge in [-0.25, -0.2) is 20.5 Å². The van der Waals surface area contributed by atoms with E-state index >= 15 is 0 Å². The lowest BCUT2D eigenvalue weighted by molar-refractivity contribution is -0.0495. The SMILES string of the molecule is [C-]#[N+]CCOP(=O)(OCCCC)OC[C@H]1O[C@@H](n2ccc(N)nc2=O)C[C@@H]1OP(=O)(OCCC#N)OCCCC. The molecule has 2 unspecified atom stereocenters. The topological polar surface area (TPSA) is 188 Å². The lowest BCUT2D eigenvalue weighted by atomic mass is 10.2. The molecule has 0 bridgehead atoms. The molecular formula is C23H37N5O10P2. The van der Waals surface area contributed by atoms with E-state index in [-0.39, 0.29) is 51.6 Å². The van der Waals surface area contributed by atoms with E-state index in [1.165, 1.54) is 16.8 Å². The number of ether oxygens (including phenoxy) is 1. The number of nitrogens with two attached hydrogens (primary N) is 1. The van der Waals surface area contributed by atoms with Crippen molar-refractivity contribution in [2.24, 2.45) is 0 Å². The van der Waals surface area contributed by atoms with Crippen LogP contribution in [0.25, 0.3) is 4.85 Å². The van der Waals surface area contributed by atoms with Gasteiger partial charge in [0.15, 0.2) is 0 Å². The molecule has 0 spiro atoms.